The molecule has 132 valence electrons. The van der Waals surface area contributed by atoms with Gasteiger partial charge in [-0.15, -0.1) is 0 Å². The van der Waals surface area contributed by atoms with Crippen LogP contribution in [0.15, 0.2) is 29.2 Å². The molecule has 0 aromatic heterocycles. The molecule has 2 heterocycles. The number of hydrogen-bond donors (Lipinski definition) is 0. The van der Waals surface area contributed by atoms with Crippen LogP contribution in [0.2, 0.25) is 0 Å². The average Bonchev–Trinajstić information content (AvgIpc) is 3.08. The number of nitrogens with zero attached hydrogens (tertiary/aromatic N) is 2. The summed E-state index contributed by atoms with van der Waals surface area (Å²) < 4.78 is 26.9. The van der Waals surface area contributed by atoms with E-state index in [1.165, 1.54) is 4.31 Å². The summed E-state index contributed by atoms with van der Waals surface area (Å²) in [5.74, 6) is 0.898. The van der Waals surface area contributed by atoms with Gasteiger partial charge in [0.05, 0.1) is 4.90 Å². The van der Waals surface area contributed by atoms with Crippen molar-refractivity contribution in [2.75, 3.05) is 26.2 Å². The van der Waals surface area contributed by atoms with Crippen LogP contribution in [0.25, 0.3) is 0 Å². The first-order valence-electron chi connectivity index (χ1n) is 8.77. The SMILES string of the molecule is C[C@@H]1C[C@@H](C)CN(C(=O)c2cccc(S(=O)(=O)N3CCCC3)c2)C1. The zero-order chi connectivity index (χ0) is 17.3. The summed E-state index contributed by atoms with van der Waals surface area (Å²) in [6, 6.07) is 6.52. The molecule has 0 N–H and O–H groups in total. The highest BCUT2D eigenvalue weighted by molar-refractivity contribution is 7.89. The Morgan fingerprint density at radius 2 is 1.71 bits per heavy atom. The van der Waals surface area contributed by atoms with Crippen molar-refractivity contribution >= 4 is 15.9 Å². The van der Waals surface area contributed by atoms with Crippen LogP contribution in [-0.4, -0.2) is 49.7 Å². The quantitative estimate of drug-likeness (QED) is 0.842. The van der Waals surface area contributed by atoms with Crippen LogP contribution >= 0.6 is 0 Å². The standard InChI is InChI=1S/C18H26N2O3S/c1-14-10-15(2)13-19(12-14)18(21)16-6-5-7-17(11-16)24(22,23)20-8-3-4-9-20/h5-7,11,14-15H,3-4,8-10,12-13H2,1-2H3/t14-,15-/m1/s1. The van der Waals surface area contributed by atoms with Gasteiger partial charge in [-0.3, -0.25) is 4.79 Å². The summed E-state index contributed by atoms with van der Waals surface area (Å²) >= 11 is 0. The Kier molecular flexibility index (Phi) is 4.97. The second-order valence-electron chi connectivity index (χ2n) is 7.30. The fourth-order valence-corrected chi connectivity index (χ4v) is 5.44. The number of carbonyl (C=O) groups excluding carboxylic acids is 1. The van der Waals surface area contributed by atoms with Crippen molar-refractivity contribution in [3.8, 4) is 0 Å². The number of benzene rings is 1. The number of sulfonamides is 1. The summed E-state index contributed by atoms with van der Waals surface area (Å²) in [6.45, 7) is 6.94. The van der Waals surface area contributed by atoms with Crippen molar-refractivity contribution < 1.29 is 13.2 Å². The average molecular weight is 350 g/mol. The Morgan fingerprint density at radius 1 is 1.08 bits per heavy atom. The van der Waals surface area contributed by atoms with Crippen LogP contribution in [0.3, 0.4) is 0 Å². The van der Waals surface area contributed by atoms with E-state index in [0.717, 1.165) is 32.4 Å². The molecule has 1 aromatic carbocycles. The van der Waals surface area contributed by atoms with E-state index < -0.39 is 10.0 Å². The molecule has 0 unspecified atom stereocenters. The summed E-state index contributed by atoms with van der Waals surface area (Å²) in [6.07, 6.45) is 2.94. The minimum absolute atomic E-state index is 0.0631. The monoisotopic (exact) mass is 350 g/mol. The first-order chi connectivity index (χ1) is 11.4. The van der Waals surface area contributed by atoms with Crippen molar-refractivity contribution in [2.45, 2.75) is 38.0 Å². The summed E-state index contributed by atoms with van der Waals surface area (Å²) in [7, 11) is -3.48. The van der Waals surface area contributed by atoms with E-state index >= 15 is 0 Å². The lowest BCUT2D eigenvalue weighted by Gasteiger charge is -2.35. The van der Waals surface area contributed by atoms with Gasteiger partial charge in [0.25, 0.3) is 5.91 Å². The normalized spacial score (nSPS) is 25.8. The highest BCUT2D eigenvalue weighted by atomic mass is 32.2. The summed E-state index contributed by atoms with van der Waals surface area (Å²) in [5.41, 5.74) is 0.469. The minimum Gasteiger partial charge on any atom is -0.338 e. The van der Waals surface area contributed by atoms with Crippen molar-refractivity contribution in [3.63, 3.8) is 0 Å². The Balaban J connectivity index is 1.83. The molecule has 1 aromatic rings. The van der Waals surface area contributed by atoms with E-state index in [-0.39, 0.29) is 10.8 Å². The molecule has 0 bridgehead atoms. The molecule has 2 fully saturated rings. The lowest BCUT2D eigenvalue weighted by atomic mass is 9.91. The molecule has 24 heavy (non-hydrogen) atoms. The molecular weight excluding hydrogens is 324 g/mol. The van der Waals surface area contributed by atoms with Crippen LogP contribution < -0.4 is 0 Å². The molecule has 2 saturated heterocycles. The van der Waals surface area contributed by atoms with Gasteiger partial charge in [-0.1, -0.05) is 19.9 Å². The zero-order valence-corrected chi connectivity index (χ0v) is 15.3. The predicted molar refractivity (Wildman–Crippen MR) is 93.3 cm³/mol. The molecule has 2 aliphatic rings. The van der Waals surface area contributed by atoms with Gasteiger partial charge in [0.15, 0.2) is 0 Å². The minimum atomic E-state index is -3.48. The number of hydrogen-bond acceptors (Lipinski definition) is 3. The highest BCUT2D eigenvalue weighted by Gasteiger charge is 2.29. The number of rotatable bonds is 3. The Bertz CT molecular complexity index is 701. The topological polar surface area (TPSA) is 57.7 Å². The zero-order valence-electron chi connectivity index (χ0n) is 14.4. The molecule has 5 nitrogen and oxygen atoms in total. The largest absolute Gasteiger partial charge is 0.338 e. The molecule has 2 aliphatic heterocycles. The summed E-state index contributed by atoms with van der Waals surface area (Å²) in [4.78, 5) is 14.9. The van der Waals surface area contributed by atoms with Gasteiger partial charge >= 0.3 is 0 Å². The number of likely N-dealkylation sites (tertiary alicyclic amines) is 1. The van der Waals surface area contributed by atoms with Crippen LogP contribution in [0.4, 0.5) is 0 Å². The lowest BCUT2D eigenvalue weighted by Crippen LogP contribution is -2.42. The Labute approximate surface area is 144 Å². The van der Waals surface area contributed by atoms with E-state index in [1.54, 1.807) is 24.3 Å². The third-order valence-corrected chi connectivity index (χ3v) is 6.83. The van der Waals surface area contributed by atoms with Crippen LogP contribution in [-0.2, 0) is 10.0 Å². The van der Waals surface area contributed by atoms with Crippen LogP contribution in [0.1, 0.15) is 43.5 Å². The predicted octanol–water partition coefficient (Wildman–Crippen LogP) is 2.59. The molecule has 1 amide bonds. The second-order valence-corrected chi connectivity index (χ2v) is 9.23. The van der Waals surface area contributed by atoms with E-state index in [2.05, 4.69) is 13.8 Å². The molecule has 0 saturated carbocycles. The number of piperidine rings is 1. The maximum atomic E-state index is 12.8. The third-order valence-electron chi connectivity index (χ3n) is 4.94. The van der Waals surface area contributed by atoms with Crippen molar-refractivity contribution in [2.24, 2.45) is 11.8 Å². The van der Waals surface area contributed by atoms with Crippen LogP contribution in [0, 0.1) is 11.8 Å². The molecule has 2 atom stereocenters. The van der Waals surface area contributed by atoms with Crippen LogP contribution in [0.5, 0.6) is 0 Å². The Morgan fingerprint density at radius 3 is 2.33 bits per heavy atom. The van der Waals surface area contributed by atoms with Gasteiger partial charge in [-0.2, -0.15) is 4.31 Å². The molecule has 0 aliphatic carbocycles. The molecule has 6 heteroatoms. The van der Waals surface area contributed by atoms with Gasteiger partial charge in [-0.25, -0.2) is 8.42 Å². The molecule has 0 radical (unpaired) electrons. The number of carbonyl (C=O) groups is 1. The second kappa shape index (κ2) is 6.84. The fraction of sp³-hybridized carbons (Fsp3) is 0.611. The Hall–Kier alpha value is -1.40. The lowest BCUT2D eigenvalue weighted by molar-refractivity contribution is 0.0623. The third kappa shape index (κ3) is 3.49. The molecular formula is C18H26N2O3S. The molecule has 3 rings (SSSR count). The number of amides is 1. The highest BCUT2D eigenvalue weighted by Crippen LogP contribution is 2.25. The van der Waals surface area contributed by atoms with Gasteiger partial charge < -0.3 is 4.90 Å². The van der Waals surface area contributed by atoms with E-state index in [1.807, 2.05) is 4.90 Å². The van der Waals surface area contributed by atoms with E-state index in [9.17, 15) is 13.2 Å². The maximum absolute atomic E-state index is 12.8. The fourth-order valence-electron chi connectivity index (χ4n) is 3.88. The van der Waals surface area contributed by atoms with Gasteiger partial charge in [0.2, 0.25) is 10.0 Å². The van der Waals surface area contributed by atoms with Crippen molar-refractivity contribution in [1.82, 2.24) is 9.21 Å². The van der Waals surface area contributed by atoms with E-state index in [0.29, 0.717) is 30.5 Å². The van der Waals surface area contributed by atoms with Gasteiger partial charge in [0.1, 0.15) is 0 Å². The maximum Gasteiger partial charge on any atom is 0.253 e. The smallest absolute Gasteiger partial charge is 0.253 e. The first-order valence-corrected chi connectivity index (χ1v) is 10.2. The van der Waals surface area contributed by atoms with Crippen molar-refractivity contribution in [1.29, 1.82) is 0 Å². The van der Waals surface area contributed by atoms with Crippen molar-refractivity contribution in [3.05, 3.63) is 29.8 Å². The van der Waals surface area contributed by atoms with E-state index in [4.69, 9.17) is 0 Å². The summed E-state index contributed by atoms with van der Waals surface area (Å²) in [5, 5.41) is 0. The first kappa shape index (κ1) is 17.4. The van der Waals surface area contributed by atoms with Gasteiger partial charge in [0, 0.05) is 31.7 Å². The molecule has 0 spiro atoms. The van der Waals surface area contributed by atoms with Gasteiger partial charge in [-0.05, 0) is 49.3 Å².